The molecular weight excluding hydrogens is 535 g/mol. The van der Waals surface area contributed by atoms with Crippen LogP contribution in [0.1, 0.15) is 41.7 Å². The average molecular weight is 571 g/mol. The highest BCUT2D eigenvalue weighted by Crippen LogP contribution is 2.29. The lowest BCUT2D eigenvalue weighted by atomic mass is 10.0. The molecule has 0 aliphatic carbocycles. The smallest absolute Gasteiger partial charge is 0.267 e. The first-order chi connectivity index (χ1) is 19.0. The van der Waals surface area contributed by atoms with Crippen molar-refractivity contribution in [3.05, 3.63) is 65.8 Å². The number of nitrogens with one attached hydrogen (secondary N) is 2. The van der Waals surface area contributed by atoms with Gasteiger partial charge in [0.15, 0.2) is 0 Å². The summed E-state index contributed by atoms with van der Waals surface area (Å²) in [6.07, 6.45) is 5.07. The Morgan fingerprint density at radius 1 is 1.02 bits per heavy atom. The number of hydrogen-bond acceptors (Lipinski definition) is 6. The number of benzene rings is 2. The number of nitrogens with zero attached hydrogens (tertiary/aromatic N) is 2. The number of amides is 1. The Kier molecular flexibility index (Phi) is 8.95. The summed E-state index contributed by atoms with van der Waals surface area (Å²) in [6, 6.07) is 12.2. The Balaban J connectivity index is 0.00000323. The second-order valence-electron chi connectivity index (χ2n) is 10.8. The van der Waals surface area contributed by atoms with Crippen molar-refractivity contribution in [3.63, 3.8) is 0 Å². The number of ether oxygens (including phenoxy) is 1. The molecule has 0 bridgehead atoms. The van der Waals surface area contributed by atoms with Gasteiger partial charge in [-0.2, -0.15) is 0 Å². The Labute approximate surface area is 238 Å². The summed E-state index contributed by atoms with van der Waals surface area (Å²) in [5, 5.41) is 14.5. The zero-order valence-corrected chi connectivity index (χ0v) is 23.2. The van der Waals surface area contributed by atoms with Gasteiger partial charge in [0.05, 0.1) is 12.4 Å². The van der Waals surface area contributed by atoms with Crippen molar-refractivity contribution in [2.45, 2.75) is 44.4 Å². The maximum atomic E-state index is 13.5. The molecule has 214 valence electrons. The second-order valence-corrected chi connectivity index (χ2v) is 10.8. The third-order valence-corrected chi connectivity index (χ3v) is 8.08. The van der Waals surface area contributed by atoms with E-state index in [-0.39, 0.29) is 42.9 Å². The zero-order chi connectivity index (χ0) is 26.8. The molecule has 4 heterocycles. The number of H-pyrrole nitrogens is 1. The quantitative estimate of drug-likeness (QED) is 0.284. The van der Waals surface area contributed by atoms with Crippen molar-refractivity contribution < 1.29 is 23.4 Å². The minimum atomic E-state index is -0.340. The molecule has 0 spiro atoms. The van der Waals surface area contributed by atoms with E-state index in [1.165, 1.54) is 12.1 Å². The first kappa shape index (κ1) is 28.4. The highest BCUT2D eigenvalue weighted by Gasteiger charge is 2.23. The maximum absolute atomic E-state index is 13.5. The van der Waals surface area contributed by atoms with Gasteiger partial charge >= 0.3 is 0 Å². The number of hydrogen-bond donors (Lipinski definition) is 3. The molecule has 0 radical (unpaired) electrons. The van der Waals surface area contributed by atoms with E-state index in [1.807, 2.05) is 24.3 Å². The molecule has 2 aliphatic rings. The third-order valence-electron chi connectivity index (χ3n) is 8.08. The van der Waals surface area contributed by atoms with Crippen molar-refractivity contribution in [2.24, 2.45) is 0 Å². The molecule has 2 aliphatic heterocycles. The number of furan rings is 1. The summed E-state index contributed by atoms with van der Waals surface area (Å²) in [5.74, 6) is 0.217. The summed E-state index contributed by atoms with van der Waals surface area (Å²) in [6.45, 7) is 6.25. The van der Waals surface area contributed by atoms with Crippen molar-refractivity contribution in [1.29, 1.82) is 0 Å². The van der Waals surface area contributed by atoms with Gasteiger partial charge in [-0.25, -0.2) is 4.39 Å². The van der Waals surface area contributed by atoms with E-state index in [0.717, 1.165) is 86.8 Å². The summed E-state index contributed by atoms with van der Waals surface area (Å²) in [4.78, 5) is 21.2. The lowest BCUT2D eigenvalue weighted by Crippen LogP contribution is -2.47. The average Bonchev–Trinajstić information content (AvgIpc) is 3.57. The Hall–Kier alpha value is -3.11. The molecule has 2 aromatic carbocycles. The SMILES string of the molecule is Cl.O=C(NC1CCN(CCN2CCC(O)CC2)CC1)c1cc2c(OCc3coc4cc(F)ccc34)cccc2[nH]1. The van der Waals surface area contributed by atoms with E-state index < -0.39 is 0 Å². The van der Waals surface area contributed by atoms with Crippen LogP contribution in [-0.2, 0) is 6.61 Å². The molecule has 4 aromatic rings. The standard InChI is InChI=1S/C30H35FN4O4.ClH/c31-21-4-5-24-20(19-39-29(24)16-21)18-38-28-3-1-2-26-25(28)17-27(33-26)30(37)32-22-6-10-34(11-7-22)14-15-35-12-8-23(36)9-13-35;/h1-5,16-17,19,22-23,33,36H,6-15,18H2,(H,32,37);1H. The van der Waals surface area contributed by atoms with Gasteiger partial charge in [-0.3, -0.25) is 4.79 Å². The van der Waals surface area contributed by atoms with Crippen LogP contribution >= 0.6 is 12.4 Å². The van der Waals surface area contributed by atoms with E-state index in [4.69, 9.17) is 9.15 Å². The number of aromatic nitrogens is 1. The predicted octanol–water partition coefficient (Wildman–Crippen LogP) is 4.70. The molecule has 2 aromatic heterocycles. The van der Waals surface area contributed by atoms with E-state index in [0.29, 0.717) is 17.0 Å². The molecule has 0 saturated carbocycles. The number of halogens is 2. The highest BCUT2D eigenvalue weighted by atomic mass is 35.5. The fraction of sp³-hybridized carbons (Fsp3) is 0.433. The first-order valence-electron chi connectivity index (χ1n) is 13.9. The van der Waals surface area contributed by atoms with Gasteiger partial charge in [-0.05, 0) is 56.0 Å². The molecule has 0 unspecified atom stereocenters. The number of carbonyl (C=O) groups is 1. The zero-order valence-electron chi connectivity index (χ0n) is 22.4. The minimum Gasteiger partial charge on any atom is -0.488 e. The van der Waals surface area contributed by atoms with Crippen LogP contribution in [0.15, 0.2) is 53.1 Å². The van der Waals surface area contributed by atoms with Gasteiger partial charge in [-0.1, -0.05) is 6.07 Å². The summed E-state index contributed by atoms with van der Waals surface area (Å²) in [5.41, 5.74) is 2.66. The molecule has 8 nitrogen and oxygen atoms in total. The Morgan fingerprint density at radius 2 is 1.75 bits per heavy atom. The van der Waals surface area contributed by atoms with Gasteiger partial charge in [0, 0.05) is 73.2 Å². The fourth-order valence-corrected chi connectivity index (χ4v) is 5.69. The van der Waals surface area contributed by atoms with Gasteiger partial charge in [0.1, 0.15) is 29.5 Å². The number of carbonyl (C=O) groups excluding carboxylic acids is 1. The highest BCUT2D eigenvalue weighted by molar-refractivity contribution is 5.99. The maximum Gasteiger partial charge on any atom is 0.267 e. The Bertz CT molecular complexity index is 1440. The molecule has 6 rings (SSSR count). The normalized spacial score (nSPS) is 17.8. The van der Waals surface area contributed by atoms with Gasteiger partial charge in [-0.15, -0.1) is 12.4 Å². The van der Waals surface area contributed by atoms with Crippen LogP contribution in [-0.4, -0.2) is 77.2 Å². The van der Waals surface area contributed by atoms with Crippen LogP contribution in [0.2, 0.25) is 0 Å². The number of likely N-dealkylation sites (tertiary alicyclic amines) is 2. The van der Waals surface area contributed by atoms with Crippen LogP contribution in [0.5, 0.6) is 5.75 Å². The van der Waals surface area contributed by atoms with Gasteiger partial charge in [0.25, 0.3) is 5.91 Å². The lowest BCUT2D eigenvalue weighted by molar-refractivity contribution is 0.0729. The van der Waals surface area contributed by atoms with Crippen LogP contribution in [0.3, 0.4) is 0 Å². The first-order valence-corrected chi connectivity index (χ1v) is 13.9. The fourth-order valence-electron chi connectivity index (χ4n) is 5.69. The monoisotopic (exact) mass is 570 g/mol. The number of rotatable bonds is 8. The van der Waals surface area contributed by atoms with E-state index in [2.05, 4.69) is 20.1 Å². The van der Waals surface area contributed by atoms with Crippen LogP contribution in [0.25, 0.3) is 21.9 Å². The van der Waals surface area contributed by atoms with Gasteiger partial charge < -0.3 is 34.4 Å². The largest absolute Gasteiger partial charge is 0.488 e. The predicted molar refractivity (Wildman–Crippen MR) is 155 cm³/mol. The number of piperidine rings is 2. The molecule has 2 fully saturated rings. The van der Waals surface area contributed by atoms with E-state index in [1.54, 1.807) is 12.3 Å². The number of aliphatic hydroxyl groups is 1. The van der Waals surface area contributed by atoms with Crippen molar-refractivity contribution in [2.75, 3.05) is 39.3 Å². The molecule has 2 saturated heterocycles. The summed E-state index contributed by atoms with van der Waals surface area (Å²) >= 11 is 0. The van der Waals surface area contributed by atoms with E-state index >= 15 is 0 Å². The molecule has 0 atom stereocenters. The molecular formula is C30H36ClFN4O4. The number of aromatic amines is 1. The van der Waals surface area contributed by atoms with E-state index in [9.17, 15) is 14.3 Å². The number of fused-ring (bicyclic) bond motifs is 2. The second kappa shape index (κ2) is 12.6. The van der Waals surface area contributed by atoms with Crippen LogP contribution in [0.4, 0.5) is 4.39 Å². The lowest BCUT2D eigenvalue weighted by Gasteiger charge is -2.35. The van der Waals surface area contributed by atoms with Crippen LogP contribution < -0.4 is 10.1 Å². The Morgan fingerprint density at radius 3 is 2.50 bits per heavy atom. The van der Waals surface area contributed by atoms with Crippen LogP contribution in [0, 0.1) is 5.82 Å². The molecule has 1 amide bonds. The molecule has 10 heteroatoms. The van der Waals surface area contributed by atoms with Crippen molar-refractivity contribution >= 4 is 40.2 Å². The van der Waals surface area contributed by atoms with Crippen molar-refractivity contribution in [1.82, 2.24) is 20.1 Å². The summed E-state index contributed by atoms with van der Waals surface area (Å²) < 4.78 is 25.0. The number of aliphatic hydroxyl groups excluding tert-OH is 1. The minimum absolute atomic E-state index is 0. The van der Waals surface area contributed by atoms with Crippen molar-refractivity contribution in [3.8, 4) is 5.75 Å². The third kappa shape index (κ3) is 6.44. The topological polar surface area (TPSA) is 94.0 Å². The molecule has 40 heavy (non-hydrogen) atoms. The molecule has 3 N–H and O–H groups in total. The summed E-state index contributed by atoms with van der Waals surface area (Å²) in [7, 11) is 0. The van der Waals surface area contributed by atoms with Gasteiger partial charge in [0.2, 0.25) is 0 Å².